The fourth-order valence-electron chi connectivity index (χ4n) is 2.41. The molecule has 0 unspecified atom stereocenters. The quantitative estimate of drug-likeness (QED) is 0.822. The standard InChI is InChI=1S/C14H23N3O2/c1-14(2,3)19-13(18)11-5-10(6-15-7-11)12-8-16-17(4)9-12/h8-11,15H,5-7H2,1-4H3/t10-,11-/m1/s1. The van der Waals surface area contributed by atoms with E-state index in [9.17, 15) is 4.79 Å². The Morgan fingerprint density at radius 3 is 2.79 bits per heavy atom. The normalized spacial score (nSPS) is 24.2. The largest absolute Gasteiger partial charge is 0.460 e. The summed E-state index contributed by atoms with van der Waals surface area (Å²) in [6.45, 7) is 7.30. The van der Waals surface area contributed by atoms with Crippen molar-refractivity contribution in [1.82, 2.24) is 15.1 Å². The second-order valence-electron chi connectivity index (χ2n) is 6.27. The average molecular weight is 265 g/mol. The van der Waals surface area contributed by atoms with Crippen LogP contribution in [0.1, 0.15) is 38.7 Å². The fourth-order valence-corrected chi connectivity index (χ4v) is 2.41. The average Bonchev–Trinajstić information content (AvgIpc) is 2.74. The minimum atomic E-state index is -0.418. The van der Waals surface area contributed by atoms with Gasteiger partial charge in [-0.1, -0.05) is 0 Å². The van der Waals surface area contributed by atoms with Gasteiger partial charge in [0.2, 0.25) is 0 Å². The first kappa shape index (κ1) is 14.1. The first-order valence-corrected chi connectivity index (χ1v) is 6.77. The highest BCUT2D eigenvalue weighted by Gasteiger charge is 2.31. The third-order valence-corrected chi connectivity index (χ3v) is 3.29. The van der Waals surface area contributed by atoms with Gasteiger partial charge in [-0.2, -0.15) is 5.10 Å². The molecule has 2 rings (SSSR count). The lowest BCUT2D eigenvalue weighted by Gasteiger charge is -2.30. The molecular formula is C14H23N3O2. The van der Waals surface area contributed by atoms with E-state index in [-0.39, 0.29) is 11.9 Å². The lowest BCUT2D eigenvalue weighted by atomic mass is 9.87. The van der Waals surface area contributed by atoms with E-state index in [0.29, 0.717) is 12.5 Å². The number of nitrogens with zero attached hydrogens (tertiary/aromatic N) is 2. The van der Waals surface area contributed by atoms with Crippen LogP contribution in [0, 0.1) is 5.92 Å². The van der Waals surface area contributed by atoms with Crippen molar-refractivity contribution in [3.05, 3.63) is 18.0 Å². The first-order chi connectivity index (χ1) is 8.85. The van der Waals surface area contributed by atoms with Gasteiger partial charge < -0.3 is 10.1 Å². The number of piperidine rings is 1. The molecule has 1 N–H and O–H groups in total. The lowest BCUT2D eigenvalue weighted by molar-refractivity contribution is -0.160. The molecule has 0 radical (unpaired) electrons. The fraction of sp³-hybridized carbons (Fsp3) is 0.714. The highest BCUT2D eigenvalue weighted by Crippen LogP contribution is 2.27. The highest BCUT2D eigenvalue weighted by molar-refractivity contribution is 5.73. The molecule has 5 nitrogen and oxygen atoms in total. The molecule has 0 spiro atoms. The molecule has 1 saturated heterocycles. The van der Waals surface area contributed by atoms with Crippen LogP contribution in [0.2, 0.25) is 0 Å². The number of hydrogen-bond acceptors (Lipinski definition) is 4. The maximum Gasteiger partial charge on any atom is 0.310 e. The minimum Gasteiger partial charge on any atom is -0.460 e. The van der Waals surface area contributed by atoms with Crippen molar-refractivity contribution in [3.63, 3.8) is 0 Å². The molecule has 106 valence electrons. The van der Waals surface area contributed by atoms with Crippen LogP contribution in [-0.2, 0) is 16.6 Å². The summed E-state index contributed by atoms with van der Waals surface area (Å²) in [5, 5.41) is 7.52. The van der Waals surface area contributed by atoms with Crippen LogP contribution < -0.4 is 5.32 Å². The third kappa shape index (κ3) is 3.80. The van der Waals surface area contributed by atoms with E-state index in [1.807, 2.05) is 40.2 Å². The Morgan fingerprint density at radius 1 is 1.47 bits per heavy atom. The number of rotatable bonds is 2. The van der Waals surface area contributed by atoms with E-state index >= 15 is 0 Å². The van der Waals surface area contributed by atoms with Gasteiger partial charge in [0.15, 0.2) is 0 Å². The van der Waals surface area contributed by atoms with Gasteiger partial charge in [0, 0.05) is 32.3 Å². The van der Waals surface area contributed by atoms with Crippen molar-refractivity contribution < 1.29 is 9.53 Å². The van der Waals surface area contributed by atoms with E-state index < -0.39 is 5.60 Å². The lowest BCUT2D eigenvalue weighted by Crippen LogP contribution is -2.41. The van der Waals surface area contributed by atoms with Gasteiger partial charge in [-0.3, -0.25) is 9.48 Å². The van der Waals surface area contributed by atoms with E-state index in [0.717, 1.165) is 13.0 Å². The Morgan fingerprint density at radius 2 is 2.21 bits per heavy atom. The Labute approximate surface area is 114 Å². The van der Waals surface area contributed by atoms with E-state index in [4.69, 9.17) is 4.74 Å². The predicted molar refractivity (Wildman–Crippen MR) is 72.8 cm³/mol. The minimum absolute atomic E-state index is 0.0711. The van der Waals surface area contributed by atoms with E-state index in [2.05, 4.69) is 10.4 Å². The molecule has 1 fully saturated rings. The molecule has 0 aliphatic carbocycles. The number of esters is 1. The predicted octanol–water partition coefficient (Wildman–Crippen LogP) is 1.45. The van der Waals surface area contributed by atoms with Crippen LogP contribution in [-0.4, -0.2) is 34.4 Å². The van der Waals surface area contributed by atoms with Crippen LogP contribution in [0.4, 0.5) is 0 Å². The van der Waals surface area contributed by atoms with Gasteiger partial charge in [0.1, 0.15) is 5.60 Å². The Kier molecular flexibility index (Phi) is 3.94. The van der Waals surface area contributed by atoms with Gasteiger partial charge in [0.25, 0.3) is 0 Å². The topological polar surface area (TPSA) is 56.2 Å². The van der Waals surface area contributed by atoms with Crippen molar-refractivity contribution in [2.75, 3.05) is 13.1 Å². The van der Waals surface area contributed by atoms with Crippen LogP contribution in [0.3, 0.4) is 0 Å². The van der Waals surface area contributed by atoms with Gasteiger partial charge in [-0.05, 0) is 32.8 Å². The Balaban J connectivity index is 1.99. The van der Waals surface area contributed by atoms with Crippen LogP contribution in [0.25, 0.3) is 0 Å². The maximum absolute atomic E-state index is 12.1. The highest BCUT2D eigenvalue weighted by atomic mass is 16.6. The molecule has 5 heteroatoms. The molecule has 1 aliphatic rings. The van der Waals surface area contributed by atoms with E-state index in [1.165, 1.54) is 5.56 Å². The Bertz CT molecular complexity index is 448. The third-order valence-electron chi connectivity index (χ3n) is 3.29. The van der Waals surface area contributed by atoms with Crippen molar-refractivity contribution in [1.29, 1.82) is 0 Å². The SMILES string of the molecule is Cn1cc([C@H]2CNC[C@H](C(=O)OC(C)(C)C)C2)cn1. The molecule has 2 atom stereocenters. The number of ether oxygens (including phenoxy) is 1. The van der Waals surface area contributed by atoms with Gasteiger partial charge in [0.05, 0.1) is 12.1 Å². The molecule has 0 aromatic carbocycles. The molecule has 1 aromatic rings. The first-order valence-electron chi connectivity index (χ1n) is 6.77. The zero-order chi connectivity index (χ0) is 14.0. The second-order valence-corrected chi connectivity index (χ2v) is 6.27. The molecule has 1 aliphatic heterocycles. The summed E-state index contributed by atoms with van der Waals surface area (Å²) in [4.78, 5) is 12.1. The van der Waals surface area contributed by atoms with Gasteiger partial charge in [-0.25, -0.2) is 0 Å². The number of hydrogen-bond donors (Lipinski definition) is 1. The molecule has 1 aromatic heterocycles. The summed E-state index contributed by atoms with van der Waals surface area (Å²) in [7, 11) is 1.91. The number of nitrogens with one attached hydrogen (secondary N) is 1. The van der Waals surface area contributed by atoms with Crippen LogP contribution in [0.15, 0.2) is 12.4 Å². The number of carbonyl (C=O) groups excluding carboxylic acids is 1. The maximum atomic E-state index is 12.1. The van der Waals surface area contributed by atoms with Crippen molar-refractivity contribution in [2.24, 2.45) is 13.0 Å². The summed E-state index contributed by atoms with van der Waals surface area (Å²) in [5.41, 5.74) is 0.765. The van der Waals surface area contributed by atoms with Crippen molar-refractivity contribution >= 4 is 5.97 Å². The number of carbonyl (C=O) groups is 1. The van der Waals surface area contributed by atoms with Crippen molar-refractivity contribution in [3.8, 4) is 0 Å². The summed E-state index contributed by atoms with van der Waals surface area (Å²) in [6, 6.07) is 0. The van der Waals surface area contributed by atoms with Gasteiger partial charge in [-0.15, -0.1) is 0 Å². The summed E-state index contributed by atoms with van der Waals surface area (Å²) in [6.07, 6.45) is 4.72. The van der Waals surface area contributed by atoms with Gasteiger partial charge >= 0.3 is 5.97 Å². The number of aryl methyl sites for hydroxylation is 1. The van der Waals surface area contributed by atoms with Crippen molar-refractivity contribution in [2.45, 2.75) is 38.7 Å². The molecule has 19 heavy (non-hydrogen) atoms. The summed E-state index contributed by atoms with van der Waals surface area (Å²) >= 11 is 0. The summed E-state index contributed by atoms with van der Waals surface area (Å²) < 4.78 is 7.26. The molecule has 0 amide bonds. The number of aromatic nitrogens is 2. The Hall–Kier alpha value is -1.36. The molecule has 0 saturated carbocycles. The smallest absolute Gasteiger partial charge is 0.310 e. The van der Waals surface area contributed by atoms with Crippen LogP contribution >= 0.6 is 0 Å². The molecular weight excluding hydrogens is 242 g/mol. The van der Waals surface area contributed by atoms with Crippen LogP contribution in [0.5, 0.6) is 0 Å². The van der Waals surface area contributed by atoms with E-state index in [1.54, 1.807) is 4.68 Å². The second kappa shape index (κ2) is 5.33. The monoisotopic (exact) mass is 265 g/mol. The molecule has 2 heterocycles. The zero-order valence-corrected chi connectivity index (χ0v) is 12.1. The molecule has 0 bridgehead atoms. The zero-order valence-electron chi connectivity index (χ0n) is 12.1. The summed E-state index contributed by atoms with van der Waals surface area (Å²) in [5.74, 6) is 0.159.